The SMILES string of the molecule is NC(CO)C(=O)O.O=C(O)c1ccccc1O. The van der Waals surface area contributed by atoms with Crippen molar-refractivity contribution in [3.63, 3.8) is 0 Å². The zero-order valence-corrected chi connectivity index (χ0v) is 8.78. The number of carboxylic acid groups (broad SMARTS) is 2. The predicted octanol–water partition coefficient (Wildman–Crippen LogP) is -0.519. The van der Waals surface area contributed by atoms with Crippen molar-refractivity contribution in [1.82, 2.24) is 0 Å². The molecule has 7 heteroatoms. The lowest BCUT2D eigenvalue weighted by atomic mass is 10.2. The van der Waals surface area contributed by atoms with E-state index in [0.717, 1.165) is 0 Å². The molecule has 0 aliphatic carbocycles. The highest BCUT2D eigenvalue weighted by Crippen LogP contribution is 2.14. The quantitative estimate of drug-likeness (QED) is 0.481. The van der Waals surface area contributed by atoms with E-state index in [1.807, 2.05) is 0 Å². The third-order valence-electron chi connectivity index (χ3n) is 1.65. The predicted molar refractivity (Wildman–Crippen MR) is 57.8 cm³/mol. The third-order valence-corrected chi connectivity index (χ3v) is 1.65. The first-order valence-corrected chi connectivity index (χ1v) is 4.50. The summed E-state index contributed by atoms with van der Waals surface area (Å²) in [4.78, 5) is 19.9. The highest BCUT2D eigenvalue weighted by molar-refractivity contribution is 5.90. The van der Waals surface area contributed by atoms with Crippen LogP contribution in [0.1, 0.15) is 10.4 Å². The van der Waals surface area contributed by atoms with Crippen LogP contribution in [-0.4, -0.2) is 45.0 Å². The number of carbonyl (C=O) groups is 2. The van der Waals surface area contributed by atoms with Crippen molar-refractivity contribution in [2.24, 2.45) is 5.73 Å². The fraction of sp³-hybridized carbons (Fsp3) is 0.200. The second-order valence-corrected chi connectivity index (χ2v) is 2.95. The number of nitrogens with two attached hydrogens (primary N) is 1. The fourth-order valence-corrected chi connectivity index (χ4v) is 0.733. The molecular weight excluding hydrogens is 230 g/mol. The molecule has 0 spiro atoms. The first kappa shape index (κ1) is 14.9. The van der Waals surface area contributed by atoms with E-state index in [1.54, 1.807) is 12.1 Å². The number of carboxylic acids is 2. The topological polar surface area (TPSA) is 141 Å². The number of aliphatic hydroxyl groups is 1. The van der Waals surface area contributed by atoms with Crippen molar-refractivity contribution in [1.29, 1.82) is 0 Å². The largest absolute Gasteiger partial charge is 0.507 e. The van der Waals surface area contributed by atoms with Crippen LogP contribution in [0.2, 0.25) is 0 Å². The summed E-state index contributed by atoms with van der Waals surface area (Å²) in [6.45, 7) is -0.505. The van der Waals surface area contributed by atoms with E-state index in [4.69, 9.17) is 26.2 Å². The van der Waals surface area contributed by atoms with Gasteiger partial charge in [-0.2, -0.15) is 0 Å². The Labute approximate surface area is 96.7 Å². The Morgan fingerprint density at radius 2 is 1.76 bits per heavy atom. The molecular formula is C10H13NO6. The number of aliphatic hydroxyl groups excluding tert-OH is 1. The van der Waals surface area contributed by atoms with Gasteiger partial charge >= 0.3 is 11.9 Å². The van der Waals surface area contributed by atoms with E-state index >= 15 is 0 Å². The van der Waals surface area contributed by atoms with Crippen LogP contribution in [0.25, 0.3) is 0 Å². The van der Waals surface area contributed by atoms with Gasteiger partial charge in [-0.05, 0) is 12.1 Å². The highest BCUT2D eigenvalue weighted by Gasteiger charge is 2.07. The Hall–Kier alpha value is -2.12. The molecule has 6 N–H and O–H groups in total. The molecule has 0 aliphatic rings. The van der Waals surface area contributed by atoms with E-state index in [-0.39, 0.29) is 11.3 Å². The average Bonchev–Trinajstić information content (AvgIpc) is 2.28. The Kier molecular flexibility index (Phi) is 6.30. The van der Waals surface area contributed by atoms with Crippen LogP contribution in [0.4, 0.5) is 0 Å². The molecule has 1 atom stereocenters. The molecule has 0 amide bonds. The molecule has 0 radical (unpaired) electrons. The van der Waals surface area contributed by atoms with Crippen LogP contribution < -0.4 is 5.73 Å². The van der Waals surface area contributed by atoms with Crippen molar-refractivity contribution in [2.75, 3.05) is 6.61 Å². The Morgan fingerprint density at radius 1 is 1.24 bits per heavy atom. The summed E-state index contributed by atoms with van der Waals surface area (Å²) >= 11 is 0. The van der Waals surface area contributed by atoms with Crippen molar-refractivity contribution >= 4 is 11.9 Å². The minimum Gasteiger partial charge on any atom is -0.507 e. The standard InChI is InChI=1S/C7H6O3.C3H7NO3/c8-6-4-2-1-3-5(6)7(9)10;4-2(1-5)3(6)7/h1-4,8H,(H,9,10);2,5H,1,4H2,(H,6,7). The summed E-state index contributed by atoms with van der Waals surface area (Å²) in [5, 5.41) is 33.2. The van der Waals surface area contributed by atoms with Crippen LogP contribution in [-0.2, 0) is 4.79 Å². The van der Waals surface area contributed by atoms with Gasteiger partial charge in [0.15, 0.2) is 0 Å². The number of benzene rings is 1. The summed E-state index contributed by atoms with van der Waals surface area (Å²) in [6.07, 6.45) is 0. The fourth-order valence-electron chi connectivity index (χ4n) is 0.733. The van der Waals surface area contributed by atoms with Gasteiger partial charge in [0.05, 0.1) is 6.61 Å². The van der Waals surface area contributed by atoms with Crippen molar-refractivity contribution in [3.8, 4) is 5.75 Å². The van der Waals surface area contributed by atoms with E-state index < -0.39 is 24.6 Å². The van der Waals surface area contributed by atoms with Crippen LogP contribution in [0.15, 0.2) is 24.3 Å². The second kappa shape index (κ2) is 7.20. The van der Waals surface area contributed by atoms with E-state index in [1.165, 1.54) is 12.1 Å². The molecule has 0 aromatic heterocycles. The Morgan fingerprint density at radius 3 is 2.00 bits per heavy atom. The van der Waals surface area contributed by atoms with Crippen LogP contribution in [0.5, 0.6) is 5.75 Å². The summed E-state index contributed by atoms with van der Waals surface area (Å²) in [5.74, 6) is -2.49. The molecule has 0 heterocycles. The second-order valence-electron chi connectivity index (χ2n) is 2.95. The first-order chi connectivity index (χ1) is 7.90. The number of aromatic hydroxyl groups is 1. The molecule has 0 saturated carbocycles. The Balaban J connectivity index is 0.000000325. The number of aliphatic carboxylic acids is 1. The number of aromatic carboxylic acids is 1. The monoisotopic (exact) mass is 243 g/mol. The van der Waals surface area contributed by atoms with Gasteiger partial charge in [-0.15, -0.1) is 0 Å². The number of hydrogen-bond acceptors (Lipinski definition) is 5. The van der Waals surface area contributed by atoms with E-state index in [9.17, 15) is 9.59 Å². The number of rotatable bonds is 3. The van der Waals surface area contributed by atoms with Crippen LogP contribution in [0.3, 0.4) is 0 Å². The van der Waals surface area contributed by atoms with Gasteiger partial charge in [-0.1, -0.05) is 12.1 Å². The summed E-state index contributed by atoms with van der Waals surface area (Å²) in [7, 11) is 0. The molecule has 1 unspecified atom stereocenters. The number of phenols is 1. The number of hydrogen-bond donors (Lipinski definition) is 5. The lowest BCUT2D eigenvalue weighted by molar-refractivity contribution is -0.139. The smallest absolute Gasteiger partial charge is 0.339 e. The zero-order valence-electron chi connectivity index (χ0n) is 8.78. The first-order valence-electron chi connectivity index (χ1n) is 4.50. The van der Waals surface area contributed by atoms with Gasteiger partial charge in [-0.3, -0.25) is 4.79 Å². The maximum atomic E-state index is 10.3. The van der Waals surface area contributed by atoms with Crippen molar-refractivity contribution < 1.29 is 30.0 Å². The molecule has 17 heavy (non-hydrogen) atoms. The van der Waals surface area contributed by atoms with Gasteiger partial charge in [0.2, 0.25) is 0 Å². The number of para-hydroxylation sites is 1. The molecule has 94 valence electrons. The molecule has 0 saturated heterocycles. The van der Waals surface area contributed by atoms with Crippen molar-refractivity contribution in [3.05, 3.63) is 29.8 Å². The van der Waals surface area contributed by atoms with Crippen LogP contribution >= 0.6 is 0 Å². The average molecular weight is 243 g/mol. The van der Waals surface area contributed by atoms with Gasteiger partial charge in [0, 0.05) is 0 Å². The van der Waals surface area contributed by atoms with Crippen LogP contribution in [0, 0.1) is 0 Å². The molecule has 0 fully saturated rings. The Bertz CT molecular complexity index is 392. The maximum absolute atomic E-state index is 10.3. The minimum absolute atomic E-state index is 0.0671. The zero-order chi connectivity index (χ0) is 13.4. The lowest BCUT2D eigenvalue weighted by Gasteiger charge is -1.96. The third kappa shape index (κ3) is 5.50. The normalized spacial score (nSPS) is 10.9. The molecule has 1 rings (SSSR count). The minimum atomic E-state index is -1.18. The highest BCUT2D eigenvalue weighted by atomic mass is 16.4. The van der Waals surface area contributed by atoms with Gasteiger partial charge < -0.3 is 26.2 Å². The summed E-state index contributed by atoms with van der Waals surface area (Å²) in [6, 6.07) is 4.69. The van der Waals surface area contributed by atoms with Gasteiger partial charge in [0.25, 0.3) is 0 Å². The molecule has 0 bridgehead atoms. The molecule has 1 aromatic rings. The van der Waals surface area contributed by atoms with Gasteiger partial charge in [0.1, 0.15) is 17.4 Å². The van der Waals surface area contributed by atoms with E-state index in [0.29, 0.717) is 0 Å². The van der Waals surface area contributed by atoms with Gasteiger partial charge in [-0.25, -0.2) is 4.79 Å². The summed E-state index contributed by atoms with van der Waals surface area (Å²) < 4.78 is 0. The molecule has 0 aliphatic heterocycles. The van der Waals surface area contributed by atoms with E-state index in [2.05, 4.69) is 0 Å². The molecule has 7 nitrogen and oxygen atoms in total. The summed E-state index contributed by atoms with van der Waals surface area (Å²) in [5.41, 5.74) is 4.70. The lowest BCUT2D eigenvalue weighted by Crippen LogP contribution is -2.33. The van der Waals surface area contributed by atoms with Crippen molar-refractivity contribution in [2.45, 2.75) is 6.04 Å². The molecule has 1 aromatic carbocycles. The maximum Gasteiger partial charge on any atom is 0.339 e.